The number of nitrogens with one attached hydrogen (secondary N) is 4. The highest BCUT2D eigenvalue weighted by Crippen LogP contribution is 2.19. The van der Waals surface area contributed by atoms with Crippen LogP contribution in [0.3, 0.4) is 0 Å². The number of benzene rings is 2. The number of ether oxygens (including phenoxy) is 2. The van der Waals surface area contributed by atoms with Crippen LogP contribution in [0.4, 0.5) is 21.0 Å². The van der Waals surface area contributed by atoms with Gasteiger partial charge in [-0.15, -0.1) is 0 Å². The van der Waals surface area contributed by atoms with Crippen molar-refractivity contribution in [2.24, 2.45) is 11.7 Å². The van der Waals surface area contributed by atoms with Crippen molar-refractivity contribution in [3.8, 4) is 5.75 Å². The van der Waals surface area contributed by atoms with Gasteiger partial charge in [0.15, 0.2) is 0 Å². The Balaban J connectivity index is 1.54. The number of nitrogens with two attached hydrogens (primary N) is 1. The van der Waals surface area contributed by atoms with Gasteiger partial charge >= 0.3 is 12.2 Å². The van der Waals surface area contributed by atoms with Crippen molar-refractivity contribution in [3.05, 3.63) is 89.5 Å². The van der Waals surface area contributed by atoms with Crippen LogP contribution >= 0.6 is 11.8 Å². The van der Waals surface area contributed by atoms with Crippen LogP contribution in [0.2, 0.25) is 0 Å². The van der Waals surface area contributed by atoms with Crippen molar-refractivity contribution in [2.45, 2.75) is 51.8 Å². The van der Waals surface area contributed by atoms with E-state index in [-0.39, 0.29) is 81.3 Å². The zero-order valence-electron chi connectivity index (χ0n) is 33.7. The van der Waals surface area contributed by atoms with Gasteiger partial charge in [-0.05, 0) is 60.7 Å². The van der Waals surface area contributed by atoms with Gasteiger partial charge in [0.25, 0.3) is 5.69 Å². The molecule has 61 heavy (non-hydrogen) atoms. The summed E-state index contributed by atoms with van der Waals surface area (Å²) in [5, 5.41) is 21.3. The Morgan fingerprint density at radius 2 is 1.49 bits per heavy atom. The first kappa shape index (κ1) is 48.4. The Hall–Kier alpha value is -6.97. The first-order chi connectivity index (χ1) is 29.0. The standard InChI is InChI=1S/C39H49N9O12S/c1-5-32(50)45-22-46(33(51)6-2)24-47(23-45)34(52)17-19-61-21-31(49)44-35(25(3)4)37(54)43-30(8-7-18-41-38(40)55)36(53)42-27-11-9-26(10-12-27)20-59-39(56)60-29-15-13-28(14-16-29)48(57)58/h5-6,9-16,25,30,35H,1-2,7-8,17-24H2,3-4H3,(H,42,53)(H,43,54)(H,44,49)(H3,40,41,55)/t30-,35?/m0/s1. The van der Waals surface area contributed by atoms with Crippen LogP contribution in [0.25, 0.3) is 0 Å². The molecule has 1 saturated heterocycles. The molecule has 2 atom stereocenters. The van der Waals surface area contributed by atoms with Gasteiger partial charge < -0.3 is 51.2 Å². The van der Waals surface area contributed by atoms with Crippen molar-refractivity contribution < 1.29 is 52.8 Å². The fraction of sp³-hybridized carbons (Fsp3) is 0.385. The summed E-state index contributed by atoms with van der Waals surface area (Å²) in [7, 11) is 0. The first-order valence-electron chi connectivity index (χ1n) is 18.8. The largest absolute Gasteiger partial charge is 0.514 e. The number of urea groups is 1. The molecule has 2 aromatic rings. The second-order valence-electron chi connectivity index (χ2n) is 13.7. The monoisotopic (exact) mass is 867 g/mol. The Morgan fingerprint density at radius 1 is 0.885 bits per heavy atom. The Bertz CT molecular complexity index is 1920. The number of nitro groups is 1. The van der Waals surface area contributed by atoms with Gasteiger partial charge in [0.2, 0.25) is 35.4 Å². The third-order valence-corrected chi connectivity index (χ3v) is 9.70. The lowest BCUT2D eigenvalue weighted by molar-refractivity contribution is -0.384. The zero-order valence-corrected chi connectivity index (χ0v) is 34.5. The fourth-order valence-corrected chi connectivity index (χ4v) is 6.28. The third-order valence-electron chi connectivity index (χ3n) is 8.74. The van der Waals surface area contributed by atoms with Gasteiger partial charge in [-0.25, -0.2) is 9.59 Å². The molecule has 8 amide bonds. The lowest BCUT2D eigenvalue weighted by Crippen LogP contribution is -2.59. The second kappa shape index (κ2) is 24.2. The molecule has 1 unspecified atom stereocenters. The lowest BCUT2D eigenvalue weighted by Gasteiger charge is -2.41. The molecular weight excluding hydrogens is 819 g/mol. The number of non-ortho nitro benzene ring substituents is 1. The maximum atomic E-state index is 13.5. The van der Waals surface area contributed by atoms with Crippen LogP contribution in [-0.4, -0.2) is 117 Å². The molecule has 328 valence electrons. The molecular formula is C39H49N9O12S. The van der Waals surface area contributed by atoms with Crippen LogP contribution in [0, 0.1) is 16.0 Å². The quantitative estimate of drug-likeness (QED) is 0.0301. The smallest absolute Gasteiger partial charge is 0.429 e. The minimum Gasteiger partial charge on any atom is -0.429 e. The van der Waals surface area contributed by atoms with Crippen molar-refractivity contribution >= 4 is 70.8 Å². The lowest BCUT2D eigenvalue weighted by atomic mass is 10.0. The van der Waals surface area contributed by atoms with E-state index in [0.717, 1.165) is 23.9 Å². The highest BCUT2D eigenvalue weighted by atomic mass is 32.2. The van der Waals surface area contributed by atoms with E-state index in [1.54, 1.807) is 26.0 Å². The number of primary amides is 1. The number of carbonyl (C=O) groups is 8. The SMILES string of the molecule is C=CC(=O)N1CN(C(=O)C=C)CN(C(=O)CCSCC(=O)NC(C(=O)N[C@@H](CCCNC(N)=O)C(=O)Nc2ccc(COC(=O)Oc3ccc([N+](=O)[O-])cc3)cc2)C(C)C)C1. The topological polar surface area (TPSA) is 282 Å². The van der Waals surface area contributed by atoms with E-state index in [2.05, 4.69) is 34.4 Å². The normalized spacial score (nSPS) is 13.2. The Morgan fingerprint density at radius 3 is 2.05 bits per heavy atom. The minimum atomic E-state index is -1.11. The number of amides is 8. The maximum absolute atomic E-state index is 13.5. The predicted molar refractivity (Wildman–Crippen MR) is 222 cm³/mol. The van der Waals surface area contributed by atoms with E-state index in [0.29, 0.717) is 11.3 Å². The number of nitro benzene ring substituents is 1. The summed E-state index contributed by atoms with van der Waals surface area (Å²) in [6.07, 6.45) is 1.46. The van der Waals surface area contributed by atoms with Crippen molar-refractivity contribution in [1.82, 2.24) is 30.7 Å². The van der Waals surface area contributed by atoms with Crippen molar-refractivity contribution in [2.75, 3.05) is 43.4 Å². The maximum Gasteiger partial charge on any atom is 0.514 e. The molecule has 2 aromatic carbocycles. The van der Waals surface area contributed by atoms with Crippen LogP contribution < -0.4 is 31.7 Å². The molecule has 0 saturated carbocycles. The van der Waals surface area contributed by atoms with Crippen LogP contribution in [-0.2, 0) is 40.1 Å². The van der Waals surface area contributed by atoms with Crippen LogP contribution in [0.15, 0.2) is 73.8 Å². The van der Waals surface area contributed by atoms with E-state index in [1.165, 1.54) is 51.1 Å². The molecule has 22 heteroatoms. The summed E-state index contributed by atoms with van der Waals surface area (Å²) < 4.78 is 10.1. The molecule has 0 bridgehead atoms. The molecule has 0 radical (unpaired) electrons. The molecule has 1 fully saturated rings. The van der Waals surface area contributed by atoms with Gasteiger partial charge in [-0.3, -0.25) is 38.9 Å². The molecule has 21 nitrogen and oxygen atoms in total. The average Bonchev–Trinajstić information content (AvgIpc) is 3.24. The van der Waals surface area contributed by atoms with Gasteiger partial charge in [-0.1, -0.05) is 39.1 Å². The average molecular weight is 868 g/mol. The van der Waals surface area contributed by atoms with E-state index in [4.69, 9.17) is 15.2 Å². The van der Waals surface area contributed by atoms with Crippen LogP contribution in [0.1, 0.15) is 38.7 Å². The highest BCUT2D eigenvalue weighted by molar-refractivity contribution is 7.99. The van der Waals surface area contributed by atoms with E-state index in [1.807, 2.05) is 0 Å². The van der Waals surface area contributed by atoms with Gasteiger partial charge in [-0.2, -0.15) is 11.8 Å². The summed E-state index contributed by atoms with van der Waals surface area (Å²) in [5.41, 5.74) is 5.85. The third kappa shape index (κ3) is 16.3. The number of thioether (sulfide) groups is 1. The Kier molecular flexibility index (Phi) is 19.2. The number of carbonyl (C=O) groups excluding carboxylic acids is 8. The van der Waals surface area contributed by atoms with Crippen molar-refractivity contribution in [3.63, 3.8) is 0 Å². The molecule has 1 aliphatic heterocycles. The number of anilines is 1. The van der Waals surface area contributed by atoms with Gasteiger partial charge in [0.1, 0.15) is 24.4 Å². The summed E-state index contributed by atoms with van der Waals surface area (Å²) in [4.78, 5) is 115. The highest BCUT2D eigenvalue weighted by Gasteiger charge is 2.31. The summed E-state index contributed by atoms with van der Waals surface area (Å²) >= 11 is 1.14. The Labute approximate surface area is 355 Å². The minimum absolute atomic E-state index is 0.00302. The number of nitrogens with zero attached hydrogens (tertiary/aromatic N) is 4. The van der Waals surface area contributed by atoms with E-state index >= 15 is 0 Å². The van der Waals surface area contributed by atoms with E-state index < -0.39 is 64.6 Å². The van der Waals surface area contributed by atoms with Gasteiger partial charge in [0.05, 0.1) is 30.7 Å². The number of hydrogen-bond donors (Lipinski definition) is 5. The predicted octanol–water partition coefficient (Wildman–Crippen LogP) is 2.19. The molecule has 1 aliphatic rings. The van der Waals surface area contributed by atoms with Gasteiger partial charge in [0, 0.05) is 36.5 Å². The molecule has 0 aliphatic carbocycles. The molecule has 0 spiro atoms. The second-order valence-corrected chi connectivity index (χ2v) is 14.8. The molecule has 3 rings (SSSR count). The number of rotatable bonds is 21. The summed E-state index contributed by atoms with van der Waals surface area (Å²) in [6.45, 7) is 10.1. The van der Waals surface area contributed by atoms with E-state index in [9.17, 15) is 48.5 Å². The molecule has 1 heterocycles. The van der Waals surface area contributed by atoms with Crippen molar-refractivity contribution in [1.29, 1.82) is 0 Å². The zero-order chi connectivity index (χ0) is 45.1. The fourth-order valence-electron chi connectivity index (χ4n) is 5.55. The summed E-state index contributed by atoms with van der Waals surface area (Å²) in [5.74, 6) is -3.23. The number of hydrogen-bond acceptors (Lipinski definition) is 13. The molecule has 0 aromatic heterocycles. The summed E-state index contributed by atoms with van der Waals surface area (Å²) in [6, 6.07) is 8.16. The van der Waals surface area contributed by atoms with Crippen LogP contribution in [0.5, 0.6) is 5.75 Å². The molecule has 6 N–H and O–H groups in total. The first-order valence-corrected chi connectivity index (χ1v) is 20.0.